The average Bonchev–Trinajstić information content (AvgIpc) is 2.55. The molecule has 2 N–H and O–H groups in total. The van der Waals surface area contributed by atoms with Gasteiger partial charge in [-0.1, -0.05) is 0 Å². The molecule has 7 nitrogen and oxygen atoms in total. The summed E-state index contributed by atoms with van der Waals surface area (Å²) >= 11 is 0. The quantitative estimate of drug-likeness (QED) is 0.457. The minimum Gasteiger partial charge on any atom is -0.446 e. The number of rotatable bonds is 15. The maximum atomic E-state index is 12.6. The van der Waals surface area contributed by atoms with Gasteiger partial charge in [0, 0.05) is 26.3 Å². The predicted octanol–water partition coefficient (Wildman–Crippen LogP) is 1.24. The highest BCUT2D eigenvalue weighted by Crippen LogP contribution is 2.12. The Morgan fingerprint density at radius 2 is 1.24 bits per heavy atom. The van der Waals surface area contributed by atoms with E-state index in [2.05, 4.69) is 9.80 Å². The molecule has 7 heteroatoms. The second kappa shape index (κ2) is 15.4. The van der Waals surface area contributed by atoms with E-state index in [0.29, 0.717) is 38.8 Å². The van der Waals surface area contributed by atoms with Crippen LogP contribution in [0.5, 0.6) is 0 Å². The third-order valence-electron chi connectivity index (χ3n) is 3.96. The number of hydrogen-bond donors (Lipinski definition) is 2. The highest BCUT2D eigenvalue weighted by molar-refractivity contribution is 5.67. The van der Waals surface area contributed by atoms with Gasteiger partial charge in [0.15, 0.2) is 0 Å². The molecule has 150 valence electrons. The molecule has 0 rings (SSSR count). The van der Waals surface area contributed by atoms with Crippen LogP contribution in [0.1, 0.15) is 38.5 Å². The molecule has 0 aromatic carbocycles. The monoisotopic (exact) mass is 361 g/mol. The molecule has 0 aliphatic carbocycles. The van der Waals surface area contributed by atoms with E-state index >= 15 is 0 Å². The predicted molar refractivity (Wildman–Crippen MR) is 101 cm³/mol. The minimum absolute atomic E-state index is 0.0859. The van der Waals surface area contributed by atoms with Gasteiger partial charge in [0.2, 0.25) is 0 Å². The Kier molecular flexibility index (Phi) is 14.8. The summed E-state index contributed by atoms with van der Waals surface area (Å²) in [6.07, 6.45) is 3.76. The van der Waals surface area contributed by atoms with Crippen molar-refractivity contribution in [1.29, 1.82) is 0 Å². The molecule has 0 fully saturated rings. The summed E-state index contributed by atoms with van der Waals surface area (Å²) in [4.78, 5) is 18.6. The van der Waals surface area contributed by atoms with Crippen LogP contribution in [0.3, 0.4) is 0 Å². The zero-order valence-electron chi connectivity index (χ0n) is 16.6. The van der Waals surface area contributed by atoms with Gasteiger partial charge in [0.1, 0.15) is 6.10 Å². The van der Waals surface area contributed by atoms with Gasteiger partial charge in [-0.2, -0.15) is 0 Å². The van der Waals surface area contributed by atoms with Crippen molar-refractivity contribution in [2.75, 3.05) is 67.6 Å². The molecule has 0 heterocycles. The lowest BCUT2D eigenvalue weighted by Gasteiger charge is -2.26. The molecule has 1 amide bonds. The molecule has 0 bridgehead atoms. The minimum atomic E-state index is -0.279. The number of amides is 1. The number of aliphatic hydroxyl groups is 2. The van der Waals surface area contributed by atoms with Gasteiger partial charge in [-0.25, -0.2) is 4.79 Å². The highest BCUT2D eigenvalue weighted by atomic mass is 16.6. The van der Waals surface area contributed by atoms with E-state index in [-0.39, 0.29) is 25.4 Å². The number of hydrogen-bond acceptors (Lipinski definition) is 6. The Balaban J connectivity index is 4.59. The van der Waals surface area contributed by atoms with Crippen molar-refractivity contribution >= 4 is 6.09 Å². The van der Waals surface area contributed by atoms with Crippen LogP contribution in [0, 0.1) is 0 Å². The van der Waals surface area contributed by atoms with Crippen LogP contribution < -0.4 is 0 Å². The van der Waals surface area contributed by atoms with Gasteiger partial charge in [0.25, 0.3) is 0 Å². The lowest BCUT2D eigenvalue weighted by atomic mass is 10.1. The molecule has 0 radical (unpaired) electrons. The SMILES string of the molecule is CN(C)CCCN(CCCN(C)C)C(=O)OC(CCCO)CCCO. The first-order valence-electron chi connectivity index (χ1n) is 9.37. The van der Waals surface area contributed by atoms with Crippen LogP contribution in [0.4, 0.5) is 4.79 Å². The molecule has 25 heavy (non-hydrogen) atoms. The second-order valence-electron chi connectivity index (χ2n) is 7.04. The fourth-order valence-electron chi connectivity index (χ4n) is 2.57. The molecule has 0 aromatic heterocycles. The van der Waals surface area contributed by atoms with Gasteiger partial charge >= 0.3 is 6.09 Å². The first kappa shape index (κ1) is 24.1. The summed E-state index contributed by atoms with van der Waals surface area (Å²) in [6, 6.07) is 0. The summed E-state index contributed by atoms with van der Waals surface area (Å²) in [6.45, 7) is 3.38. The van der Waals surface area contributed by atoms with Crippen molar-refractivity contribution in [2.24, 2.45) is 0 Å². The highest BCUT2D eigenvalue weighted by Gasteiger charge is 2.20. The number of carbonyl (C=O) groups is 1. The maximum absolute atomic E-state index is 12.6. The topological polar surface area (TPSA) is 76.5 Å². The summed E-state index contributed by atoms with van der Waals surface area (Å²) < 4.78 is 5.67. The lowest BCUT2D eigenvalue weighted by Crippen LogP contribution is -2.38. The van der Waals surface area contributed by atoms with E-state index in [4.69, 9.17) is 14.9 Å². The molecule has 0 aromatic rings. The fourth-order valence-corrected chi connectivity index (χ4v) is 2.57. The molecule has 0 saturated heterocycles. The van der Waals surface area contributed by atoms with Crippen LogP contribution in [0.2, 0.25) is 0 Å². The van der Waals surface area contributed by atoms with Crippen molar-refractivity contribution in [3.63, 3.8) is 0 Å². The third-order valence-corrected chi connectivity index (χ3v) is 3.96. The first-order chi connectivity index (χ1) is 11.9. The third kappa shape index (κ3) is 14.0. The number of carbonyl (C=O) groups excluding carboxylic acids is 1. The summed E-state index contributed by atoms with van der Waals surface area (Å²) in [5.74, 6) is 0. The standard InChI is InChI=1S/C18H39N3O4/c1-19(2)11-7-13-21(14-8-12-20(3)4)18(24)25-17(9-5-15-22)10-6-16-23/h17,22-23H,5-16H2,1-4H3. The number of nitrogens with zero attached hydrogens (tertiary/aromatic N) is 3. The van der Waals surface area contributed by atoms with Gasteiger partial charge in [-0.15, -0.1) is 0 Å². The Morgan fingerprint density at radius 1 is 0.800 bits per heavy atom. The van der Waals surface area contributed by atoms with Gasteiger partial charge in [-0.05, 0) is 79.8 Å². The molecular formula is C18H39N3O4. The van der Waals surface area contributed by atoms with Crippen LogP contribution in [-0.4, -0.2) is 105 Å². The van der Waals surface area contributed by atoms with Crippen LogP contribution in [0.15, 0.2) is 0 Å². The van der Waals surface area contributed by atoms with Gasteiger partial charge in [0.05, 0.1) is 0 Å². The average molecular weight is 362 g/mol. The van der Waals surface area contributed by atoms with E-state index in [9.17, 15) is 4.79 Å². The summed E-state index contributed by atoms with van der Waals surface area (Å²) in [7, 11) is 8.09. The second-order valence-corrected chi connectivity index (χ2v) is 7.04. The van der Waals surface area contributed by atoms with E-state index < -0.39 is 0 Å². The summed E-state index contributed by atoms with van der Waals surface area (Å²) in [5.41, 5.74) is 0. The van der Waals surface area contributed by atoms with E-state index in [0.717, 1.165) is 25.9 Å². The zero-order chi connectivity index (χ0) is 19.1. The Hall–Kier alpha value is -0.890. The van der Waals surface area contributed by atoms with Gasteiger partial charge < -0.3 is 29.6 Å². The lowest BCUT2D eigenvalue weighted by molar-refractivity contribution is 0.0471. The fraction of sp³-hybridized carbons (Fsp3) is 0.944. The van der Waals surface area contributed by atoms with Crippen LogP contribution >= 0.6 is 0 Å². The largest absolute Gasteiger partial charge is 0.446 e. The smallest absolute Gasteiger partial charge is 0.410 e. The Bertz CT molecular complexity index is 305. The maximum Gasteiger partial charge on any atom is 0.410 e. The molecule has 0 aliphatic heterocycles. The van der Waals surface area contributed by atoms with E-state index in [1.165, 1.54) is 0 Å². The van der Waals surface area contributed by atoms with Crippen molar-refractivity contribution < 1.29 is 19.7 Å². The van der Waals surface area contributed by atoms with E-state index in [1.54, 1.807) is 4.90 Å². The van der Waals surface area contributed by atoms with E-state index in [1.807, 2.05) is 28.2 Å². The molecule has 0 atom stereocenters. The molecular weight excluding hydrogens is 322 g/mol. The van der Waals surface area contributed by atoms with Crippen LogP contribution in [0.25, 0.3) is 0 Å². The first-order valence-corrected chi connectivity index (χ1v) is 9.37. The molecule has 0 unspecified atom stereocenters. The molecule has 0 aliphatic rings. The van der Waals surface area contributed by atoms with Crippen molar-refractivity contribution in [3.05, 3.63) is 0 Å². The van der Waals surface area contributed by atoms with Crippen molar-refractivity contribution in [2.45, 2.75) is 44.6 Å². The van der Waals surface area contributed by atoms with Crippen molar-refractivity contribution in [3.8, 4) is 0 Å². The summed E-state index contributed by atoms with van der Waals surface area (Å²) in [5, 5.41) is 18.0. The van der Waals surface area contributed by atoms with Gasteiger partial charge in [-0.3, -0.25) is 0 Å². The van der Waals surface area contributed by atoms with Crippen LogP contribution in [-0.2, 0) is 4.74 Å². The number of aliphatic hydroxyl groups excluding tert-OH is 2. The molecule has 0 spiro atoms. The Labute approximate surface area is 153 Å². The van der Waals surface area contributed by atoms with Crippen molar-refractivity contribution in [1.82, 2.24) is 14.7 Å². The number of ether oxygens (including phenoxy) is 1. The molecule has 0 saturated carbocycles. The zero-order valence-corrected chi connectivity index (χ0v) is 16.6. The Morgan fingerprint density at radius 3 is 1.60 bits per heavy atom. The normalized spacial score (nSPS) is 11.6.